The molecular formula is C21H27FN4. The number of benzene rings is 1. The third kappa shape index (κ3) is 4.40. The fourth-order valence-corrected chi connectivity index (χ4v) is 3.64. The summed E-state index contributed by atoms with van der Waals surface area (Å²) in [6.45, 7) is 7.28. The standard InChI is InChI=1S/C21H27FN4/c1-3-23-21(25-14-20-19(22)10-7-12-24-20)26-13-11-18(16(2)15-26)17-8-5-4-6-9-17/h4-10,12,16,18H,3,11,13-15H2,1-2H3,(H,23,25). The zero-order valence-electron chi connectivity index (χ0n) is 15.5. The van der Waals surface area contributed by atoms with Gasteiger partial charge in [-0.3, -0.25) is 4.98 Å². The number of aromatic nitrogens is 1. The first-order valence-corrected chi connectivity index (χ1v) is 9.36. The van der Waals surface area contributed by atoms with E-state index in [4.69, 9.17) is 0 Å². The Bertz CT molecular complexity index is 732. The summed E-state index contributed by atoms with van der Waals surface area (Å²) in [6.07, 6.45) is 2.70. The van der Waals surface area contributed by atoms with Crippen molar-refractivity contribution in [2.75, 3.05) is 19.6 Å². The molecule has 0 bridgehead atoms. The minimum Gasteiger partial charge on any atom is -0.357 e. The molecule has 1 aliphatic heterocycles. The van der Waals surface area contributed by atoms with Gasteiger partial charge in [-0.25, -0.2) is 9.38 Å². The highest BCUT2D eigenvalue weighted by atomic mass is 19.1. The van der Waals surface area contributed by atoms with Crippen molar-refractivity contribution in [1.29, 1.82) is 0 Å². The topological polar surface area (TPSA) is 40.5 Å². The zero-order valence-corrected chi connectivity index (χ0v) is 15.5. The molecule has 0 amide bonds. The van der Waals surface area contributed by atoms with Gasteiger partial charge in [0.25, 0.3) is 0 Å². The van der Waals surface area contributed by atoms with Crippen LogP contribution < -0.4 is 5.32 Å². The fraction of sp³-hybridized carbons (Fsp3) is 0.429. The molecule has 3 rings (SSSR count). The molecule has 0 spiro atoms. The molecule has 1 aromatic carbocycles. The average molecular weight is 354 g/mol. The number of guanidine groups is 1. The molecule has 1 saturated heterocycles. The normalized spacial score (nSPS) is 20.9. The van der Waals surface area contributed by atoms with E-state index in [-0.39, 0.29) is 12.4 Å². The summed E-state index contributed by atoms with van der Waals surface area (Å²) < 4.78 is 13.8. The molecule has 1 N–H and O–H groups in total. The maximum atomic E-state index is 13.8. The number of nitrogens with zero attached hydrogens (tertiary/aromatic N) is 3. The number of pyridine rings is 1. The van der Waals surface area contributed by atoms with Crippen molar-refractivity contribution in [1.82, 2.24) is 15.2 Å². The summed E-state index contributed by atoms with van der Waals surface area (Å²) in [5.74, 6) is 1.64. The highest BCUT2D eigenvalue weighted by molar-refractivity contribution is 5.80. The Balaban J connectivity index is 1.69. The lowest BCUT2D eigenvalue weighted by Crippen LogP contribution is -2.48. The minimum atomic E-state index is -0.303. The van der Waals surface area contributed by atoms with Gasteiger partial charge >= 0.3 is 0 Å². The van der Waals surface area contributed by atoms with Gasteiger partial charge in [0.1, 0.15) is 5.82 Å². The maximum absolute atomic E-state index is 13.8. The number of piperidine rings is 1. The molecule has 2 atom stereocenters. The molecular weight excluding hydrogens is 327 g/mol. The third-order valence-corrected chi connectivity index (χ3v) is 4.98. The van der Waals surface area contributed by atoms with Crippen LogP contribution >= 0.6 is 0 Å². The van der Waals surface area contributed by atoms with E-state index in [2.05, 4.69) is 64.4 Å². The lowest BCUT2D eigenvalue weighted by Gasteiger charge is -2.39. The molecule has 4 nitrogen and oxygen atoms in total. The second-order valence-electron chi connectivity index (χ2n) is 6.83. The second kappa shape index (κ2) is 8.79. The van der Waals surface area contributed by atoms with Gasteiger partial charge in [-0.2, -0.15) is 0 Å². The zero-order chi connectivity index (χ0) is 18.4. The van der Waals surface area contributed by atoms with Gasteiger partial charge in [-0.1, -0.05) is 37.3 Å². The van der Waals surface area contributed by atoms with Crippen molar-refractivity contribution in [2.45, 2.75) is 32.7 Å². The van der Waals surface area contributed by atoms with Crippen LogP contribution in [0.5, 0.6) is 0 Å². The second-order valence-corrected chi connectivity index (χ2v) is 6.83. The van der Waals surface area contributed by atoms with Crippen molar-refractivity contribution in [3.63, 3.8) is 0 Å². The molecule has 26 heavy (non-hydrogen) atoms. The van der Waals surface area contributed by atoms with Crippen molar-refractivity contribution in [3.8, 4) is 0 Å². The molecule has 2 aromatic rings. The van der Waals surface area contributed by atoms with Gasteiger partial charge in [-0.05, 0) is 42.9 Å². The molecule has 0 aliphatic carbocycles. The Labute approximate surface area is 155 Å². The van der Waals surface area contributed by atoms with Crippen LogP contribution in [0.2, 0.25) is 0 Å². The van der Waals surface area contributed by atoms with Crippen LogP contribution in [-0.2, 0) is 6.54 Å². The number of aliphatic imine (C=N–C) groups is 1. The molecule has 2 unspecified atom stereocenters. The van der Waals surface area contributed by atoms with Crippen LogP contribution in [0.3, 0.4) is 0 Å². The summed E-state index contributed by atoms with van der Waals surface area (Å²) in [6, 6.07) is 13.8. The van der Waals surface area contributed by atoms with Crippen molar-refractivity contribution in [2.24, 2.45) is 10.9 Å². The predicted molar refractivity (Wildman–Crippen MR) is 104 cm³/mol. The Morgan fingerprint density at radius 3 is 2.77 bits per heavy atom. The van der Waals surface area contributed by atoms with Gasteiger partial charge in [0.15, 0.2) is 5.96 Å². The monoisotopic (exact) mass is 354 g/mol. The number of rotatable bonds is 4. The molecule has 5 heteroatoms. The van der Waals surface area contributed by atoms with E-state index in [1.54, 1.807) is 12.3 Å². The van der Waals surface area contributed by atoms with E-state index < -0.39 is 0 Å². The first-order chi connectivity index (χ1) is 12.7. The van der Waals surface area contributed by atoms with Crippen molar-refractivity contribution in [3.05, 3.63) is 65.7 Å². The first-order valence-electron chi connectivity index (χ1n) is 9.36. The SMILES string of the molecule is CCNC(=NCc1ncccc1F)N1CCC(c2ccccc2)C(C)C1. The Morgan fingerprint density at radius 1 is 1.27 bits per heavy atom. The molecule has 1 aliphatic rings. The van der Waals surface area contributed by atoms with Crippen LogP contribution in [0, 0.1) is 11.7 Å². The van der Waals surface area contributed by atoms with Gasteiger partial charge in [0.05, 0.1) is 12.2 Å². The Morgan fingerprint density at radius 2 is 2.08 bits per heavy atom. The van der Waals surface area contributed by atoms with Crippen LogP contribution in [0.25, 0.3) is 0 Å². The quantitative estimate of drug-likeness (QED) is 0.670. The highest BCUT2D eigenvalue weighted by Crippen LogP contribution is 2.32. The predicted octanol–water partition coefficient (Wildman–Crippen LogP) is 3.81. The van der Waals surface area contributed by atoms with Gasteiger partial charge < -0.3 is 10.2 Å². The maximum Gasteiger partial charge on any atom is 0.194 e. The third-order valence-electron chi connectivity index (χ3n) is 4.98. The minimum absolute atomic E-state index is 0.252. The van der Waals surface area contributed by atoms with Crippen LogP contribution in [0.4, 0.5) is 4.39 Å². The fourth-order valence-electron chi connectivity index (χ4n) is 3.64. The molecule has 2 heterocycles. The number of halogens is 1. The van der Waals surface area contributed by atoms with Crippen LogP contribution in [0.15, 0.2) is 53.7 Å². The van der Waals surface area contributed by atoms with E-state index in [1.165, 1.54) is 11.6 Å². The number of nitrogens with one attached hydrogen (secondary N) is 1. The molecule has 0 radical (unpaired) electrons. The van der Waals surface area contributed by atoms with Crippen molar-refractivity contribution >= 4 is 5.96 Å². The number of hydrogen-bond donors (Lipinski definition) is 1. The molecule has 138 valence electrons. The Hall–Kier alpha value is -2.43. The first kappa shape index (κ1) is 18.4. The summed E-state index contributed by atoms with van der Waals surface area (Å²) in [5.41, 5.74) is 1.80. The van der Waals surface area contributed by atoms with E-state index >= 15 is 0 Å². The number of hydrogen-bond acceptors (Lipinski definition) is 2. The number of likely N-dealkylation sites (tertiary alicyclic amines) is 1. The van der Waals surface area contributed by atoms with Gasteiger partial charge in [0, 0.05) is 25.8 Å². The molecule has 1 aromatic heterocycles. The van der Waals surface area contributed by atoms with E-state index in [1.807, 2.05) is 0 Å². The Kier molecular flexibility index (Phi) is 6.21. The van der Waals surface area contributed by atoms with Gasteiger partial charge in [-0.15, -0.1) is 0 Å². The van der Waals surface area contributed by atoms with E-state index in [9.17, 15) is 4.39 Å². The van der Waals surface area contributed by atoms with Crippen LogP contribution in [-0.4, -0.2) is 35.5 Å². The van der Waals surface area contributed by atoms with Crippen molar-refractivity contribution < 1.29 is 4.39 Å². The largest absolute Gasteiger partial charge is 0.357 e. The molecule has 1 fully saturated rings. The smallest absolute Gasteiger partial charge is 0.194 e. The van der Waals surface area contributed by atoms with Gasteiger partial charge in [0.2, 0.25) is 0 Å². The summed E-state index contributed by atoms with van der Waals surface area (Å²) in [4.78, 5) is 11.0. The lowest BCUT2D eigenvalue weighted by molar-refractivity contribution is 0.234. The van der Waals surface area contributed by atoms with E-state index in [0.717, 1.165) is 32.0 Å². The lowest BCUT2D eigenvalue weighted by atomic mass is 9.82. The summed E-state index contributed by atoms with van der Waals surface area (Å²) >= 11 is 0. The average Bonchev–Trinajstić information content (AvgIpc) is 2.67. The van der Waals surface area contributed by atoms with Crippen LogP contribution in [0.1, 0.15) is 37.4 Å². The molecule has 0 saturated carbocycles. The van der Waals surface area contributed by atoms with E-state index in [0.29, 0.717) is 17.5 Å². The summed E-state index contributed by atoms with van der Waals surface area (Å²) in [7, 11) is 0. The summed E-state index contributed by atoms with van der Waals surface area (Å²) in [5, 5.41) is 3.34. The highest BCUT2D eigenvalue weighted by Gasteiger charge is 2.28.